The maximum absolute atomic E-state index is 13.2. The van der Waals surface area contributed by atoms with E-state index in [1.54, 1.807) is 39.1 Å². The number of rotatable bonds is 9. The van der Waals surface area contributed by atoms with Gasteiger partial charge >= 0.3 is 5.97 Å². The molecule has 0 spiro atoms. The van der Waals surface area contributed by atoms with Gasteiger partial charge in [-0.15, -0.1) is 0 Å². The minimum atomic E-state index is -0.651. The molecule has 2 aromatic rings. The summed E-state index contributed by atoms with van der Waals surface area (Å²) in [5, 5.41) is 16.6. The van der Waals surface area contributed by atoms with Gasteiger partial charge in [0.1, 0.15) is 0 Å². The summed E-state index contributed by atoms with van der Waals surface area (Å²) >= 11 is 1.36. The number of pyridine rings is 1. The number of fused-ring (bicyclic) bond motifs is 1. The Morgan fingerprint density at radius 1 is 1.22 bits per heavy atom. The number of esters is 1. The average molecular weight is 522 g/mol. The first-order valence-corrected chi connectivity index (χ1v) is 12.7. The fourth-order valence-corrected chi connectivity index (χ4v) is 5.07. The number of carbonyl (C=O) groups excluding carboxylic acids is 2. The number of nitrogens with one attached hydrogen (secondary N) is 1. The number of ether oxygens (including phenoxy) is 1. The van der Waals surface area contributed by atoms with Crippen LogP contribution in [0.25, 0.3) is 0 Å². The number of allylic oxidation sites excluding steroid dienone is 1. The number of nitro benzene ring substituents is 1. The van der Waals surface area contributed by atoms with E-state index in [-0.39, 0.29) is 24.1 Å². The SMILES string of the molecule is CC1=C(C(=O)OC(C)C)[C@H](c2ccc([N+](=O)[O-])cc2)N2C(CC(=O)NCCc3ccccn3)=CSC2=N1. The standard InChI is InChI=1S/C26H27N5O5S/c1-16(2)36-25(33)23-17(3)29-26-30(24(23)18-7-9-20(10-8-18)31(34)35)21(15-37-26)14-22(32)28-13-11-19-6-4-5-12-27-19/h4-10,12,15-16,24H,11,13-14H2,1-3H3,(H,28,32)/t24-/m0/s1. The highest BCUT2D eigenvalue weighted by molar-refractivity contribution is 8.16. The number of aromatic nitrogens is 1. The molecule has 0 unspecified atom stereocenters. The Morgan fingerprint density at radius 3 is 2.62 bits per heavy atom. The molecule has 1 amide bonds. The molecule has 1 N–H and O–H groups in total. The van der Waals surface area contributed by atoms with Crippen molar-refractivity contribution >= 4 is 34.5 Å². The molecule has 0 fully saturated rings. The number of amides is 1. The van der Waals surface area contributed by atoms with Gasteiger partial charge in [-0.2, -0.15) is 0 Å². The number of nitrogens with zero attached hydrogens (tertiary/aromatic N) is 4. The lowest BCUT2D eigenvalue weighted by atomic mass is 9.93. The number of nitro groups is 1. The van der Waals surface area contributed by atoms with Crippen LogP contribution in [0.4, 0.5) is 5.69 Å². The van der Waals surface area contributed by atoms with Gasteiger partial charge in [-0.3, -0.25) is 19.9 Å². The van der Waals surface area contributed by atoms with Crippen LogP contribution in [-0.4, -0.2) is 44.5 Å². The van der Waals surface area contributed by atoms with E-state index in [4.69, 9.17) is 4.74 Å². The minimum absolute atomic E-state index is 0.0562. The number of thioether (sulfide) groups is 1. The van der Waals surface area contributed by atoms with Crippen LogP contribution in [0, 0.1) is 10.1 Å². The van der Waals surface area contributed by atoms with E-state index in [9.17, 15) is 19.7 Å². The molecule has 1 aromatic carbocycles. The quantitative estimate of drug-likeness (QED) is 0.295. The first-order chi connectivity index (χ1) is 17.7. The molecular formula is C26H27N5O5S. The van der Waals surface area contributed by atoms with E-state index < -0.39 is 16.9 Å². The number of carbonyl (C=O) groups is 2. The number of benzene rings is 1. The van der Waals surface area contributed by atoms with Crippen LogP contribution < -0.4 is 5.32 Å². The van der Waals surface area contributed by atoms with Crippen LogP contribution in [0.2, 0.25) is 0 Å². The van der Waals surface area contributed by atoms with Crippen LogP contribution in [-0.2, 0) is 20.7 Å². The van der Waals surface area contributed by atoms with Crippen LogP contribution in [0.15, 0.2) is 76.0 Å². The summed E-state index contributed by atoms with van der Waals surface area (Å²) in [6, 6.07) is 11.0. The summed E-state index contributed by atoms with van der Waals surface area (Å²) in [4.78, 5) is 47.5. The zero-order valence-corrected chi connectivity index (χ0v) is 21.5. The second kappa shape index (κ2) is 11.4. The first kappa shape index (κ1) is 26.1. The second-order valence-electron chi connectivity index (χ2n) is 8.79. The molecule has 0 bridgehead atoms. The molecule has 4 rings (SSSR count). The van der Waals surface area contributed by atoms with Gasteiger partial charge in [0.25, 0.3) is 5.69 Å². The molecule has 0 saturated heterocycles. The van der Waals surface area contributed by atoms with Crippen LogP contribution >= 0.6 is 11.8 Å². The van der Waals surface area contributed by atoms with Crippen LogP contribution in [0.3, 0.4) is 0 Å². The molecule has 0 saturated carbocycles. The maximum atomic E-state index is 13.2. The number of aliphatic imine (C=N–C) groups is 1. The fraction of sp³-hybridized carbons (Fsp3) is 0.308. The molecule has 1 atom stereocenters. The fourth-order valence-electron chi connectivity index (χ4n) is 4.11. The third-order valence-electron chi connectivity index (χ3n) is 5.75. The number of hydrogen-bond acceptors (Lipinski definition) is 9. The summed E-state index contributed by atoms with van der Waals surface area (Å²) in [6.07, 6.45) is 2.05. The van der Waals surface area contributed by atoms with Crippen molar-refractivity contribution in [2.75, 3.05) is 6.54 Å². The first-order valence-electron chi connectivity index (χ1n) is 11.8. The van der Waals surface area contributed by atoms with Crippen LogP contribution in [0.5, 0.6) is 0 Å². The largest absolute Gasteiger partial charge is 0.459 e. The molecular weight excluding hydrogens is 494 g/mol. The average Bonchev–Trinajstić information content (AvgIpc) is 3.25. The Bertz CT molecular complexity index is 1290. The van der Waals surface area contributed by atoms with Crippen molar-refractivity contribution in [3.8, 4) is 0 Å². The van der Waals surface area contributed by atoms with E-state index in [2.05, 4.69) is 15.3 Å². The van der Waals surface area contributed by atoms with Crippen molar-refractivity contribution in [3.05, 3.63) is 92.4 Å². The molecule has 10 nitrogen and oxygen atoms in total. The topological polar surface area (TPSA) is 127 Å². The van der Waals surface area contributed by atoms with Crippen LogP contribution in [0.1, 0.15) is 44.5 Å². The third-order valence-corrected chi connectivity index (χ3v) is 6.64. The molecule has 3 heterocycles. The van der Waals surface area contributed by atoms with Crippen molar-refractivity contribution in [1.29, 1.82) is 0 Å². The highest BCUT2D eigenvalue weighted by Crippen LogP contribution is 2.45. The number of amidine groups is 1. The van der Waals surface area contributed by atoms with Gasteiger partial charge in [-0.05, 0) is 56.0 Å². The third kappa shape index (κ3) is 6.05. The van der Waals surface area contributed by atoms with Gasteiger partial charge in [-0.1, -0.05) is 17.8 Å². The Hall–Kier alpha value is -3.99. The molecule has 11 heteroatoms. The predicted molar refractivity (Wildman–Crippen MR) is 140 cm³/mol. The van der Waals surface area contributed by atoms with Gasteiger partial charge in [0.15, 0.2) is 5.17 Å². The Morgan fingerprint density at radius 2 is 1.97 bits per heavy atom. The van der Waals surface area contributed by atoms with Gasteiger partial charge < -0.3 is 15.0 Å². The Kier molecular flexibility index (Phi) is 8.02. The van der Waals surface area contributed by atoms with Crippen molar-refractivity contribution in [2.24, 2.45) is 4.99 Å². The van der Waals surface area contributed by atoms with E-state index in [1.807, 2.05) is 28.5 Å². The zero-order valence-electron chi connectivity index (χ0n) is 20.7. The monoisotopic (exact) mass is 521 g/mol. The van der Waals surface area contributed by atoms with Crippen molar-refractivity contribution in [2.45, 2.75) is 45.8 Å². The van der Waals surface area contributed by atoms with E-state index in [0.717, 1.165) is 5.69 Å². The van der Waals surface area contributed by atoms with E-state index in [1.165, 1.54) is 23.9 Å². The molecule has 0 aliphatic carbocycles. The normalized spacial score (nSPS) is 16.8. The van der Waals surface area contributed by atoms with Crippen molar-refractivity contribution in [3.63, 3.8) is 0 Å². The zero-order chi connectivity index (χ0) is 26.5. The minimum Gasteiger partial charge on any atom is -0.459 e. The van der Waals surface area contributed by atoms with E-state index >= 15 is 0 Å². The lowest BCUT2D eigenvalue weighted by molar-refractivity contribution is -0.384. The lowest BCUT2D eigenvalue weighted by Crippen LogP contribution is -2.38. The Labute approximate surface area is 218 Å². The molecule has 37 heavy (non-hydrogen) atoms. The maximum Gasteiger partial charge on any atom is 0.338 e. The smallest absolute Gasteiger partial charge is 0.338 e. The van der Waals surface area contributed by atoms with Gasteiger partial charge in [-0.25, -0.2) is 9.79 Å². The van der Waals surface area contributed by atoms with E-state index in [0.29, 0.717) is 40.7 Å². The predicted octanol–water partition coefficient (Wildman–Crippen LogP) is 4.27. The number of non-ortho nitro benzene ring substituents is 1. The Balaban J connectivity index is 1.58. The number of hydrogen-bond donors (Lipinski definition) is 1. The molecule has 0 radical (unpaired) electrons. The van der Waals surface area contributed by atoms with Crippen molar-refractivity contribution in [1.82, 2.24) is 15.2 Å². The van der Waals surface area contributed by atoms with Gasteiger partial charge in [0, 0.05) is 42.7 Å². The molecule has 192 valence electrons. The molecule has 1 aromatic heterocycles. The highest BCUT2D eigenvalue weighted by atomic mass is 32.2. The summed E-state index contributed by atoms with van der Waals surface area (Å²) in [5.41, 5.74) is 2.98. The van der Waals surface area contributed by atoms with Gasteiger partial charge in [0.2, 0.25) is 5.91 Å². The molecule has 2 aliphatic heterocycles. The summed E-state index contributed by atoms with van der Waals surface area (Å²) < 4.78 is 5.52. The molecule has 2 aliphatic rings. The van der Waals surface area contributed by atoms with Gasteiger partial charge in [0.05, 0.1) is 34.8 Å². The summed E-state index contributed by atoms with van der Waals surface area (Å²) in [7, 11) is 0. The summed E-state index contributed by atoms with van der Waals surface area (Å²) in [5.74, 6) is -0.696. The lowest BCUT2D eigenvalue weighted by Gasteiger charge is -2.36. The second-order valence-corrected chi connectivity index (χ2v) is 9.63. The summed E-state index contributed by atoms with van der Waals surface area (Å²) in [6.45, 7) is 5.70. The highest BCUT2D eigenvalue weighted by Gasteiger charge is 2.41. The van der Waals surface area contributed by atoms with Crippen molar-refractivity contribution < 1.29 is 19.2 Å².